The largest absolute Gasteiger partial charge is 0.457 e. The molecule has 510 valence electrons. The minimum atomic E-state index is -0.496. The highest BCUT2D eigenvalue weighted by atomic mass is 16.5. The molecule has 12 nitrogen and oxygen atoms in total. The highest BCUT2D eigenvalue weighted by Crippen LogP contribution is 2.47. The zero-order valence-corrected chi connectivity index (χ0v) is 58.3. The number of hydrogen-bond donors (Lipinski definition) is 0. The van der Waals surface area contributed by atoms with Crippen molar-refractivity contribution in [3.05, 3.63) is 380 Å². The van der Waals surface area contributed by atoms with Gasteiger partial charge in [-0.1, -0.05) is 249 Å². The summed E-state index contributed by atoms with van der Waals surface area (Å²) in [6, 6.07) is 121. The number of aromatic nitrogens is 6. The van der Waals surface area contributed by atoms with Crippen LogP contribution in [0.15, 0.2) is 358 Å². The second-order valence-corrected chi connectivity index (χ2v) is 26.9. The summed E-state index contributed by atoms with van der Waals surface area (Å²) in [4.78, 5) is 60.6. The Morgan fingerprint density at radius 1 is 0.296 bits per heavy atom. The molecule has 0 aliphatic carbocycles. The van der Waals surface area contributed by atoms with E-state index in [1.165, 1.54) is 16.4 Å². The molecule has 0 amide bonds. The molecule has 0 fully saturated rings. The predicted molar refractivity (Wildman–Crippen MR) is 433 cm³/mol. The van der Waals surface area contributed by atoms with Crippen LogP contribution < -0.4 is 26.2 Å². The number of anilines is 6. The SMILES string of the molecule is O=C(OCc1ccccc1)c1ccc2c(c1)c1cc(C(=O)OCc3ccccc3)ccc1n2-c1ccc(-c2cc(-c3ccccc3)nc(-c3ccccc3)n2)cc1-c1nc(-c2ccccc2)nc(-c2cccc(-c3cc4c5c(c3)N(c3ccccc3)c3ccccc3B5c3ccccc3N4c3ccccc3)c2)n1. The van der Waals surface area contributed by atoms with Crippen LogP contribution >= 0.6 is 0 Å². The molecule has 3 aromatic heterocycles. The molecule has 0 radical (unpaired) electrons. The maximum Gasteiger partial charge on any atom is 0.338 e. The van der Waals surface area contributed by atoms with Crippen molar-refractivity contribution in [3.8, 4) is 84.9 Å². The first-order chi connectivity index (χ1) is 53.4. The molecule has 0 saturated carbocycles. The van der Waals surface area contributed by atoms with Crippen molar-refractivity contribution in [2.24, 2.45) is 0 Å². The quantitative estimate of drug-likeness (QED) is 0.0677. The fraction of sp³-hybridized carbons (Fsp3) is 0.0211. The van der Waals surface area contributed by atoms with E-state index in [9.17, 15) is 9.59 Å². The first-order valence-corrected chi connectivity index (χ1v) is 36.0. The summed E-state index contributed by atoms with van der Waals surface area (Å²) in [5.74, 6) is 0.834. The van der Waals surface area contributed by atoms with Crippen molar-refractivity contribution in [2.45, 2.75) is 13.2 Å². The molecular weight excluding hydrogens is 1330 g/mol. The van der Waals surface area contributed by atoms with Gasteiger partial charge in [-0.25, -0.2) is 34.5 Å². The average molecular weight is 1390 g/mol. The van der Waals surface area contributed by atoms with E-state index in [1.54, 1.807) is 12.1 Å². The Morgan fingerprint density at radius 2 is 0.713 bits per heavy atom. The number of para-hydroxylation sites is 4. The number of esters is 2. The molecule has 17 aromatic rings. The van der Waals surface area contributed by atoms with Gasteiger partial charge in [0.15, 0.2) is 23.3 Å². The first-order valence-electron chi connectivity index (χ1n) is 36.0. The fourth-order valence-corrected chi connectivity index (χ4v) is 15.2. The van der Waals surface area contributed by atoms with Crippen molar-refractivity contribution in [1.29, 1.82) is 0 Å². The Bertz CT molecular complexity index is 6030. The summed E-state index contributed by atoms with van der Waals surface area (Å²) in [6.45, 7) is 0.115. The van der Waals surface area contributed by atoms with E-state index < -0.39 is 11.9 Å². The van der Waals surface area contributed by atoms with E-state index in [1.807, 2.05) is 170 Å². The minimum Gasteiger partial charge on any atom is -0.457 e. The minimum absolute atomic E-state index is 0.0577. The number of rotatable bonds is 16. The van der Waals surface area contributed by atoms with E-state index in [4.69, 9.17) is 34.4 Å². The summed E-state index contributed by atoms with van der Waals surface area (Å²) >= 11 is 0. The van der Waals surface area contributed by atoms with Crippen LogP contribution in [-0.4, -0.2) is 48.1 Å². The van der Waals surface area contributed by atoms with Crippen molar-refractivity contribution in [2.75, 3.05) is 9.80 Å². The van der Waals surface area contributed by atoms with Crippen LogP contribution in [0.5, 0.6) is 0 Å². The summed E-state index contributed by atoms with van der Waals surface area (Å²) in [6.07, 6.45) is 0. The third-order valence-electron chi connectivity index (χ3n) is 20.3. The van der Waals surface area contributed by atoms with E-state index >= 15 is 0 Å². The Labute approximate surface area is 623 Å². The molecular formula is C95H63BN8O4. The monoisotopic (exact) mass is 1390 g/mol. The van der Waals surface area contributed by atoms with Gasteiger partial charge in [-0.3, -0.25) is 0 Å². The van der Waals surface area contributed by atoms with Gasteiger partial charge >= 0.3 is 11.9 Å². The highest BCUT2D eigenvalue weighted by molar-refractivity contribution is 7.00. The average Bonchev–Trinajstić information content (AvgIpc) is 1.03. The van der Waals surface area contributed by atoms with Gasteiger partial charge in [0, 0.05) is 78.3 Å². The topological polar surface area (TPSA) is 128 Å². The number of fused-ring (bicyclic) bond motifs is 7. The zero-order chi connectivity index (χ0) is 72.0. The van der Waals surface area contributed by atoms with Crippen LogP contribution in [0.3, 0.4) is 0 Å². The van der Waals surface area contributed by atoms with Gasteiger partial charge in [-0.15, -0.1) is 0 Å². The zero-order valence-electron chi connectivity index (χ0n) is 58.3. The number of carbonyl (C=O) groups is 2. The van der Waals surface area contributed by atoms with E-state index in [2.05, 4.69) is 190 Å². The molecule has 0 bridgehead atoms. The Balaban J connectivity index is 0.824. The third kappa shape index (κ3) is 12.0. The van der Waals surface area contributed by atoms with Crippen LogP contribution in [0.25, 0.3) is 107 Å². The van der Waals surface area contributed by atoms with Gasteiger partial charge in [0.2, 0.25) is 0 Å². The number of carbonyl (C=O) groups excluding carboxylic acids is 2. The molecule has 0 unspecified atom stereocenters. The van der Waals surface area contributed by atoms with Gasteiger partial charge in [0.1, 0.15) is 13.2 Å². The number of hydrogen-bond acceptors (Lipinski definition) is 11. The second-order valence-electron chi connectivity index (χ2n) is 26.9. The van der Waals surface area contributed by atoms with Crippen LogP contribution in [0.2, 0.25) is 0 Å². The van der Waals surface area contributed by atoms with Crippen LogP contribution in [0, 0.1) is 0 Å². The molecule has 2 aliphatic heterocycles. The van der Waals surface area contributed by atoms with E-state index in [0.29, 0.717) is 62.1 Å². The molecule has 13 heteroatoms. The molecule has 5 heterocycles. The molecule has 14 aromatic carbocycles. The first kappa shape index (κ1) is 64.4. The Kier molecular flexibility index (Phi) is 16.5. The lowest BCUT2D eigenvalue weighted by atomic mass is 9.33. The third-order valence-corrected chi connectivity index (χ3v) is 20.3. The highest BCUT2D eigenvalue weighted by Gasteiger charge is 2.43. The smallest absolute Gasteiger partial charge is 0.338 e. The lowest BCUT2D eigenvalue weighted by molar-refractivity contribution is 0.0464. The number of ether oxygens (including phenoxy) is 2. The van der Waals surface area contributed by atoms with Gasteiger partial charge in [0.25, 0.3) is 6.71 Å². The van der Waals surface area contributed by atoms with Gasteiger partial charge < -0.3 is 23.8 Å². The Morgan fingerprint density at radius 3 is 1.23 bits per heavy atom. The van der Waals surface area contributed by atoms with Gasteiger partial charge in [0.05, 0.1) is 39.2 Å². The Hall–Kier alpha value is -14.4. The normalized spacial score (nSPS) is 12.0. The standard InChI is InChI=1S/C95H63BN8O4/c105-94(107-60-62-27-8-1-9-28-62)70-48-51-82-75(55-70)76-56-71(95(106)108-61-63-29-10-2-11-30-63)49-52-83(76)104(82)84-50-47-68(81-59-80(64-31-12-3-13-32-64)97-90(98-81)65-33-14-4-15-34-65)54-77(84)93-100-91(66-35-16-5-17-36-66)99-92(101-93)69-38-26-37-67(53-69)72-57-87-89-88(58-72)103(74-41-20-7-21-42-74)86-46-25-23-44-79(86)96(89)78-43-22-24-45-85(78)102(87)73-39-18-6-19-40-73/h1-59H,60-61H2. The van der Waals surface area contributed by atoms with Crippen LogP contribution in [0.1, 0.15) is 31.8 Å². The van der Waals surface area contributed by atoms with Crippen molar-refractivity contribution in [3.63, 3.8) is 0 Å². The summed E-state index contributed by atoms with van der Waals surface area (Å²) in [5, 5.41) is 1.39. The lowest BCUT2D eigenvalue weighted by Gasteiger charge is -2.44. The van der Waals surface area contributed by atoms with Crippen molar-refractivity contribution < 1.29 is 19.1 Å². The van der Waals surface area contributed by atoms with Crippen LogP contribution in [0.4, 0.5) is 34.1 Å². The molecule has 2 aliphatic rings. The van der Waals surface area contributed by atoms with Gasteiger partial charge in [-0.2, -0.15) is 0 Å². The predicted octanol–water partition coefficient (Wildman–Crippen LogP) is 20.2. The molecule has 0 N–H and O–H groups in total. The second kappa shape index (κ2) is 27.6. The maximum atomic E-state index is 14.3. The summed E-state index contributed by atoms with van der Waals surface area (Å²) in [5.41, 5.74) is 22.9. The van der Waals surface area contributed by atoms with Crippen LogP contribution in [-0.2, 0) is 22.7 Å². The molecule has 0 saturated heterocycles. The van der Waals surface area contributed by atoms with Crippen molar-refractivity contribution in [1.82, 2.24) is 29.5 Å². The van der Waals surface area contributed by atoms with E-state index in [-0.39, 0.29) is 19.9 Å². The van der Waals surface area contributed by atoms with Gasteiger partial charge in [-0.05, 0) is 148 Å². The van der Waals surface area contributed by atoms with Crippen molar-refractivity contribution >= 4 is 91.0 Å². The number of nitrogens with zero attached hydrogens (tertiary/aromatic N) is 8. The van der Waals surface area contributed by atoms with E-state index in [0.717, 1.165) is 101 Å². The molecule has 108 heavy (non-hydrogen) atoms. The molecule has 0 spiro atoms. The summed E-state index contributed by atoms with van der Waals surface area (Å²) in [7, 11) is 0. The molecule has 19 rings (SSSR count). The lowest BCUT2D eigenvalue weighted by Crippen LogP contribution is -2.61. The fourth-order valence-electron chi connectivity index (χ4n) is 15.2. The summed E-state index contributed by atoms with van der Waals surface area (Å²) < 4.78 is 14.1. The maximum absolute atomic E-state index is 14.3. The molecule has 0 atom stereocenters. The number of benzene rings is 14.